The minimum atomic E-state index is -1.33. The van der Waals surface area contributed by atoms with Gasteiger partial charge in [-0.3, -0.25) is 10.1 Å². The molecule has 2 amide bonds. The molecular weight excluding hydrogens is 326 g/mol. The molecule has 0 radical (unpaired) electrons. The first-order chi connectivity index (χ1) is 12.1. The average Bonchev–Trinajstić information content (AvgIpc) is 3.01. The molecule has 4 rings (SSSR count). The maximum absolute atomic E-state index is 12.3. The maximum atomic E-state index is 12.3. The van der Waals surface area contributed by atoms with E-state index in [1.165, 1.54) is 0 Å². The molecule has 2 aliphatic rings. The first-order valence-electron chi connectivity index (χ1n) is 7.49. The van der Waals surface area contributed by atoms with E-state index in [0.717, 1.165) is 0 Å². The highest BCUT2D eigenvalue weighted by molar-refractivity contribution is 6.20. The summed E-state index contributed by atoms with van der Waals surface area (Å²) >= 11 is 0. The molecule has 1 atom stereocenters. The van der Waals surface area contributed by atoms with Crippen LogP contribution in [0.5, 0.6) is 11.5 Å². The number of ether oxygens (including phenoxy) is 2. The topological polar surface area (TPSA) is 109 Å². The second-order valence-corrected chi connectivity index (χ2v) is 5.43. The van der Waals surface area contributed by atoms with Crippen LogP contribution in [0.15, 0.2) is 47.5 Å². The van der Waals surface area contributed by atoms with Crippen LogP contribution < -0.4 is 20.1 Å². The highest BCUT2D eigenvalue weighted by atomic mass is 16.7. The number of amides is 2. The van der Waals surface area contributed by atoms with Crippen molar-refractivity contribution < 1.29 is 24.2 Å². The molecule has 25 heavy (non-hydrogen) atoms. The van der Waals surface area contributed by atoms with Crippen molar-refractivity contribution in [3.05, 3.63) is 53.6 Å². The van der Waals surface area contributed by atoms with Crippen molar-refractivity contribution in [3.8, 4) is 11.5 Å². The SMILES string of the molecule is O=C(O)NC1N=C(c2ccc3c(c2)OCO3)c2ccccc2NC1=O. The predicted octanol–water partition coefficient (Wildman–Crippen LogP) is 1.80. The predicted molar refractivity (Wildman–Crippen MR) is 88.2 cm³/mol. The molecule has 8 nitrogen and oxygen atoms in total. The molecule has 2 heterocycles. The summed E-state index contributed by atoms with van der Waals surface area (Å²) in [5.74, 6) is 0.648. The van der Waals surface area contributed by atoms with Crippen molar-refractivity contribution >= 4 is 23.4 Å². The quantitative estimate of drug-likeness (QED) is 0.773. The van der Waals surface area contributed by atoms with Gasteiger partial charge < -0.3 is 19.9 Å². The Morgan fingerprint density at radius 3 is 2.84 bits per heavy atom. The highest BCUT2D eigenvalue weighted by Crippen LogP contribution is 2.34. The summed E-state index contributed by atoms with van der Waals surface area (Å²) < 4.78 is 10.7. The standard InChI is InChI=1S/C17H13N3O5/c21-16-15(20-17(22)23)19-14(10-3-1-2-4-11(10)18-16)9-5-6-12-13(7-9)25-8-24-12/h1-7,15,20H,8H2,(H,18,21)(H,22,23). The Labute approximate surface area is 142 Å². The number of hydrogen-bond acceptors (Lipinski definition) is 5. The summed E-state index contributed by atoms with van der Waals surface area (Å²) in [7, 11) is 0. The van der Waals surface area contributed by atoms with Crippen LogP contribution in [0.1, 0.15) is 11.1 Å². The van der Waals surface area contributed by atoms with Crippen molar-refractivity contribution in [2.24, 2.45) is 4.99 Å². The van der Waals surface area contributed by atoms with E-state index in [1.54, 1.807) is 30.3 Å². The van der Waals surface area contributed by atoms with Gasteiger partial charge in [-0.25, -0.2) is 9.79 Å². The number of aliphatic imine (C=N–C) groups is 1. The van der Waals surface area contributed by atoms with Crippen LogP contribution in [-0.2, 0) is 4.79 Å². The summed E-state index contributed by atoms with van der Waals surface area (Å²) in [4.78, 5) is 27.6. The third-order valence-corrected chi connectivity index (χ3v) is 3.85. The molecule has 0 spiro atoms. The molecule has 0 aromatic heterocycles. The smallest absolute Gasteiger partial charge is 0.406 e. The largest absolute Gasteiger partial charge is 0.465 e. The second kappa shape index (κ2) is 5.82. The molecule has 8 heteroatoms. The minimum absolute atomic E-state index is 0.144. The number of para-hydroxylation sites is 1. The van der Waals surface area contributed by atoms with E-state index in [4.69, 9.17) is 14.6 Å². The second-order valence-electron chi connectivity index (χ2n) is 5.43. The molecule has 0 saturated heterocycles. The van der Waals surface area contributed by atoms with Crippen molar-refractivity contribution in [2.75, 3.05) is 12.1 Å². The first kappa shape index (κ1) is 15.0. The fourth-order valence-electron chi connectivity index (χ4n) is 2.75. The number of carbonyl (C=O) groups excluding carboxylic acids is 1. The number of hydrogen-bond donors (Lipinski definition) is 3. The number of nitrogens with one attached hydrogen (secondary N) is 2. The van der Waals surface area contributed by atoms with Crippen LogP contribution in [0.2, 0.25) is 0 Å². The molecular formula is C17H13N3O5. The molecule has 2 aromatic carbocycles. The Morgan fingerprint density at radius 2 is 2.00 bits per heavy atom. The zero-order valence-electron chi connectivity index (χ0n) is 12.9. The van der Waals surface area contributed by atoms with Crippen molar-refractivity contribution in [1.82, 2.24) is 5.32 Å². The first-order valence-corrected chi connectivity index (χ1v) is 7.49. The summed E-state index contributed by atoms with van der Waals surface area (Å²) in [6.45, 7) is 0.144. The van der Waals surface area contributed by atoms with Gasteiger partial charge in [-0.05, 0) is 24.3 Å². The fraction of sp³-hybridized carbons (Fsp3) is 0.118. The Bertz CT molecular complexity index is 909. The van der Waals surface area contributed by atoms with Crippen LogP contribution in [-0.4, -0.2) is 35.8 Å². The monoisotopic (exact) mass is 339 g/mol. The summed E-state index contributed by atoms with van der Waals surface area (Å²) in [5.41, 5.74) is 2.40. The van der Waals surface area contributed by atoms with Crippen LogP contribution in [0, 0.1) is 0 Å². The van der Waals surface area contributed by atoms with E-state index < -0.39 is 18.2 Å². The fourth-order valence-corrected chi connectivity index (χ4v) is 2.75. The van der Waals surface area contributed by atoms with Gasteiger partial charge in [0.15, 0.2) is 11.5 Å². The van der Waals surface area contributed by atoms with Gasteiger partial charge in [-0.15, -0.1) is 0 Å². The van der Waals surface area contributed by atoms with E-state index in [-0.39, 0.29) is 6.79 Å². The normalized spacial score (nSPS) is 17.8. The van der Waals surface area contributed by atoms with Crippen molar-refractivity contribution in [2.45, 2.75) is 6.17 Å². The number of carbonyl (C=O) groups is 2. The van der Waals surface area contributed by atoms with Gasteiger partial charge in [-0.1, -0.05) is 18.2 Å². The third kappa shape index (κ3) is 2.74. The molecule has 126 valence electrons. The van der Waals surface area contributed by atoms with E-state index in [0.29, 0.717) is 34.0 Å². The lowest BCUT2D eigenvalue weighted by atomic mass is 10.0. The zero-order chi connectivity index (χ0) is 17.4. The van der Waals surface area contributed by atoms with E-state index in [2.05, 4.69) is 15.6 Å². The molecule has 0 aliphatic carbocycles. The number of benzodiazepines with no additional fused rings is 1. The minimum Gasteiger partial charge on any atom is -0.465 e. The summed E-state index contributed by atoms with van der Waals surface area (Å²) in [6.07, 6.45) is -2.59. The molecule has 0 fully saturated rings. The van der Waals surface area contributed by atoms with Gasteiger partial charge in [-0.2, -0.15) is 0 Å². The molecule has 3 N–H and O–H groups in total. The van der Waals surface area contributed by atoms with E-state index in [1.807, 2.05) is 12.1 Å². The number of carboxylic acid groups (broad SMARTS) is 1. The number of fused-ring (bicyclic) bond motifs is 2. The zero-order valence-corrected chi connectivity index (χ0v) is 12.9. The lowest BCUT2D eigenvalue weighted by molar-refractivity contribution is -0.117. The van der Waals surface area contributed by atoms with Gasteiger partial charge in [0, 0.05) is 11.1 Å². The third-order valence-electron chi connectivity index (χ3n) is 3.85. The van der Waals surface area contributed by atoms with Crippen LogP contribution in [0.25, 0.3) is 0 Å². The lowest BCUT2D eigenvalue weighted by Crippen LogP contribution is -2.41. The van der Waals surface area contributed by atoms with E-state index >= 15 is 0 Å². The van der Waals surface area contributed by atoms with Gasteiger partial charge in [0.1, 0.15) is 0 Å². The number of rotatable bonds is 2. The van der Waals surface area contributed by atoms with Crippen LogP contribution in [0.4, 0.5) is 10.5 Å². The number of anilines is 1. The summed E-state index contributed by atoms with van der Waals surface area (Å²) in [6, 6.07) is 12.4. The highest BCUT2D eigenvalue weighted by Gasteiger charge is 2.27. The lowest BCUT2D eigenvalue weighted by Gasteiger charge is -2.11. The Balaban J connectivity index is 1.86. The van der Waals surface area contributed by atoms with Crippen LogP contribution >= 0.6 is 0 Å². The van der Waals surface area contributed by atoms with Gasteiger partial charge in [0.25, 0.3) is 5.91 Å². The summed E-state index contributed by atoms with van der Waals surface area (Å²) in [5, 5.41) is 13.8. The van der Waals surface area contributed by atoms with Crippen molar-refractivity contribution in [3.63, 3.8) is 0 Å². The van der Waals surface area contributed by atoms with E-state index in [9.17, 15) is 9.59 Å². The van der Waals surface area contributed by atoms with Gasteiger partial charge >= 0.3 is 6.09 Å². The molecule has 2 aromatic rings. The molecule has 0 saturated carbocycles. The van der Waals surface area contributed by atoms with Gasteiger partial charge in [0.2, 0.25) is 13.0 Å². The Kier molecular flexibility index (Phi) is 3.50. The molecule has 0 bridgehead atoms. The Hall–Kier alpha value is -3.55. The number of benzene rings is 2. The Morgan fingerprint density at radius 1 is 1.20 bits per heavy atom. The van der Waals surface area contributed by atoms with Crippen molar-refractivity contribution in [1.29, 1.82) is 0 Å². The maximum Gasteiger partial charge on any atom is 0.406 e. The molecule has 2 aliphatic heterocycles. The van der Waals surface area contributed by atoms with Gasteiger partial charge in [0.05, 0.1) is 11.4 Å². The number of nitrogens with zero attached hydrogens (tertiary/aromatic N) is 1. The van der Waals surface area contributed by atoms with Crippen LogP contribution in [0.3, 0.4) is 0 Å². The molecule has 1 unspecified atom stereocenters. The average molecular weight is 339 g/mol.